The number of nitrogens with one attached hydrogen (secondary N) is 4. The Kier molecular flexibility index (Phi) is 16.8. The normalized spacial score (nSPS) is 15.6. The van der Waals surface area contributed by atoms with E-state index in [-0.39, 0.29) is 32.5 Å². The lowest BCUT2D eigenvalue weighted by atomic mass is 10.0. The molecule has 1 aliphatic rings. The van der Waals surface area contributed by atoms with Crippen LogP contribution < -0.4 is 27.0 Å². The van der Waals surface area contributed by atoms with Crippen LogP contribution in [0.15, 0.2) is 30.3 Å². The molecular formula is C35H56N6O9. The number of primary amides is 1. The van der Waals surface area contributed by atoms with Gasteiger partial charge in [0.05, 0.1) is 0 Å². The van der Waals surface area contributed by atoms with Gasteiger partial charge in [-0.05, 0) is 98.5 Å². The molecule has 0 radical (unpaired) electrons. The van der Waals surface area contributed by atoms with E-state index in [1.54, 1.807) is 53.7 Å². The summed E-state index contributed by atoms with van der Waals surface area (Å²) in [5.41, 5.74) is 5.04. The highest BCUT2D eigenvalue weighted by Gasteiger charge is 2.37. The summed E-state index contributed by atoms with van der Waals surface area (Å²) in [7, 11) is 0. The molecule has 1 aromatic rings. The van der Waals surface area contributed by atoms with Gasteiger partial charge < -0.3 is 46.1 Å². The van der Waals surface area contributed by atoms with Crippen molar-refractivity contribution in [1.29, 1.82) is 0 Å². The summed E-state index contributed by atoms with van der Waals surface area (Å²) in [6.07, 6.45) is 1.29. The second-order valence-electron chi connectivity index (χ2n) is 14.3. The van der Waals surface area contributed by atoms with Crippen LogP contribution >= 0.6 is 0 Å². The number of likely N-dealkylation sites (tertiary alicyclic amines) is 1. The van der Waals surface area contributed by atoms with Crippen molar-refractivity contribution in [3.8, 4) is 0 Å². The predicted octanol–water partition coefficient (Wildman–Crippen LogP) is 3.63. The topological polar surface area (TPSA) is 207 Å². The molecule has 6 N–H and O–H groups in total. The molecule has 1 aromatic carbocycles. The number of nitrogens with zero attached hydrogens (tertiary/aromatic N) is 1. The van der Waals surface area contributed by atoms with Crippen molar-refractivity contribution < 1.29 is 43.0 Å². The van der Waals surface area contributed by atoms with E-state index in [9.17, 15) is 28.8 Å². The Bertz CT molecular complexity index is 1280. The van der Waals surface area contributed by atoms with Crippen LogP contribution in [-0.2, 0) is 35.2 Å². The van der Waals surface area contributed by atoms with Crippen molar-refractivity contribution >= 4 is 36.0 Å². The van der Waals surface area contributed by atoms with Gasteiger partial charge in [-0.2, -0.15) is 0 Å². The molecule has 0 aliphatic carbocycles. The summed E-state index contributed by atoms with van der Waals surface area (Å²) < 4.78 is 15.9. The lowest BCUT2D eigenvalue weighted by Crippen LogP contribution is -2.56. The smallest absolute Gasteiger partial charge is 0.408 e. The van der Waals surface area contributed by atoms with Crippen molar-refractivity contribution in [2.45, 2.75) is 129 Å². The highest BCUT2D eigenvalue weighted by atomic mass is 16.6. The SMILES string of the molecule is CC(C)(C)OC(=O)NCCCC[C@H](NC(=O)OCc1ccccc1)C(=O)N[C@@H](CCCCNC(=O)OC(C)(C)C)C(=O)N1CCC[C@H]1C(N)=O. The number of rotatable bonds is 17. The third-order valence-electron chi connectivity index (χ3n) is 7.48. The van der Waals surface area contributed by atoms with Crippen molar-refractivity contribution in [1.82, 2.24) is 26.2 Å². The van der Waals surface area contributed by atoms with Gasteiger partial charge in [0.15, 0.2) is 0 Å². The van der Waals surface area contributed by atoms with E-state index >= 15 is 0 Å². The molecule has 6 amide bonds. The Hall–Kier alpha value is -4.56. The predicted molar refractivity (Wildman–Crippen MR) is 186 cm³/mol. The average Bonchev–Trinajstić information content (AvgIpc) is 3.51. The quantitative estimate of drug-likeness (QED) is 0.118. The number of benzene rings is 1. The van der Waals surface area contributed by atoms with Gasteiger partial charge in [-0.3, -0.25) is 14.4 Å². The van der Waals surface area contributed by atoms with E-state index in [1.165, 1.54) is 4.90 Å². The molecule has 50 heavy (non-hydrogen) atoms. The van der Waals surface area contributed by atoms with Gasteiger partial charge in [0.1, 0.15) is 35.9 Å². The summed E-state index contributed by atoms with van der Waals surface area (Å²) in [6, 6.07) is 6.17. The molecule has 1 heterocycles. The van der Waals surface area contributed by atoms with E-state index in [4.69, 9.17) is 19.9 Å². The molecule has 280 valence electrons. The molecule has 15 heteroatoms. The van der Waals surface area contributed by atoms with Gasteiger partial charge in [0, 0.05) is 19.6 Å². The van der Waals surface area contributed by atoms with Crippen LogP contribution in [0.3, 0.4) is 0 Å². The Morgan fingerprint density at radius 3 is 1.84 bits per heavy atom. The fourth-order valence-electron chi connectivity index (χ4n) is 5.19. The third kappa shape index (κ3) is 16.7. The number of alkyl carbamates (subject to hydrolysis) is 3. The maximum atomic E-state index is 13.7. The van der Waals surface area contributed by atoms with Crippen LogP contribution in [0, 0.1) is 0 Å². The van der Waals surface area contributed by atoms with E-state index in [2.05, 4.69) is 21.3 Å². The summed E-state index contributed by atoms with van der Waals surface area (Å²) in [4.78, 5) is 77.8. The van der Waals surface area contributed by atoms with Crippen LogP contribution in [0.2, 0.25) is 0 Å². The van der Waals surface area contributed by atoms with E-state index in [0.29, 0.717) is 45.1 Å². The fourth-order valence-corrected chi connectivity index (χ4v) is 5.19. The van der Waals surface area contributed by atoms with Crippen LogP contribution in [0.5, 0.6) is 0 Å². The van der Waals surface area contributed by atoms with Gasteiger partial charge in [-0.1, -0.05) is 30.3 Å². The van der Waals surface area contributed by atoms with E-state index in [1.807, 2.05) is 18.2 Å². The molecule has 0 saturated carbocycles. The zero-order valence-corrected chi connectivity index (χ0v) is 30.3. The minimum absolute atomic E-state index is 0.0112. The second kappa shape index (κ2) is 20.2. The summed E-state index contributed by atoms with van der Waals surface area (Å²) in [6.45, 7) is 11.4. The molecule has 0 bridgehead atoms. The number of hydrogen-bond acceptors (Lipinski definition) is 9. The molecule has 1 saturated heterocycles. The second-order valence-corrected chi connectivity index (χ2v) is 14.3. The molecule has 1 aliphatic heterocycles. The maximum Gasteiger partial charge on any atom is 0.408 e. The van der Waals surface area contributed by atoms with Gasteiger partial charge in [-0.15, -0.1) is 0 Å². The van der Waals surface area contributed by atoms with Gasteiger partial charge >= 0.3 is 18.3 Å². The first-order valence-corrected chi connectivity index (χ1v) is 17.3. The van der Waals surface area contributed by atoms with Crippen molar-refractivity contribution in [2.24, 2.45) is 5.73 Å². The van der Waals surface area contributed by atoms with Crippen LogP contribution in [0.4, 0.5) is 14.4 Å². The number of ether oxygens (including phenoxy) is 3. The monoisotopic (exact) mass is 704 g/mol. The largest absolute Gasteiger partial charge is 0.445 e. The molecular weight excluding hydrogens is 648 g/mol. The highest BCUT2D eigenvalue weighted by molar-refractivity contribution is 5.93. The van der Waals surface area contributed by atoms with Crippen molar-refractivity contribution in [3.63, 3.8) is 0 Å². The average molecular weight is 705 g/mol. The van der Waals surface area contributed by atoms with E-state index < -0.39 is 65.3 Å². The van der Waals surface area contributed by atoms with E-state index in [0.717, 1.165) is 5.56 Å². The summed E-state index contributed by atoms with van der Waals surface area (Å²) in [5.74, 6) is -1.68. The Balaban J connectivity index is 2.11. The minimum Gasteiger partial charge on any atom is -0.445 e. The Morgan fingerprint density at radius 1 is 0.780 bits per heavy atom. The van der Waals surface area contributed by atoms with Crippen LogP contribution in [0.1, 0.15) is 98.5 Å². The molecule has 3 atom stereocenters. The van der Waals surface area contributed by atoms with Gasteiger partial charge in [0.25, 0.3) is 0 Å². The number of nitrogens with two attached hydrogens (primary N) is 1. The van der Waals surface area contributed by atoms with Gasteiger partial charge in [0.2, 0.25) is 17.7 Å². The maximum absolute atomic E-state index is 13.7. The molecule has 0 unspecified atom stereocenters. The van der Waals surface area contributed by atoms with Gasteiger partial charge in [-0.25, -0.2) is 14.4 Å². The zero-order chi connectivity index (χ0) is 37.3. The highest BCUT2D eigenvalue weighted by Crippen LogP contribution is 2.20. The third-order valence-corrected chi connectivity index (χ3v) is 7.48. The minimum atomic E-state index is -1.07. The van der Waals surface area contributed by atoms with Crippen molar-refractivity contribution in [2.75, 3.05) is 19.6 Å². The molecule has 1 fully saturated rings. The fraction of sp³-hybridized carbons (Fsp3) is 0.657. The Labute approximate surface area is 295 Å². The summed E-state index contributed by atoms with van der Waals surface area (Å²) in [5, 5.41) is 10.8. The number of amides is 6. The zero-order valence-electron chi connectivity index (χ0n) is 30.3. The lowest BCUT2D eigenvalue weighted by molar-refractivity contribution is -0.141. The number of unbranched alkanes of at least 4 members (excludes halogenated alkanes) is 2. The number of carbonyl (C=O) groups excluding carboxylic acids is 6. The first kappa shape index (κ1) is 41.6. The van der Waals surface area contributed by atoms with Crippen molar-refractivity contribution in [3.05, 3.63) is 35.9 Å². The molecule has 2 rings (SSSR count). The Morgan fingerprint density at radius 2 is 1.32 bits per heavy atom. The number of hydrogen-bond donors (Lipinski definition) is 5. The lowest BCUT2D eigenvalue weighted by Gasteiger charge is -2.29. The molecule has 0 aromatic heterocycles. The standard InChI is InChI=1S/C35H56N6O9/c1-34(2,3)49-31(45)37-20-12-10-17-25(40-33(47)48-23-24-15-8-7-9-16-24)29(43)39-26(30(44)41-22-14-19-27(41)28(36)42)18-11-13-21-38-32(46)50-35(4,5)6/h7-9,15-16,25-27H,10-14,17-23H2,1-6H3,(H2,36,42)(H,37,45)(H,38,46)(H,39,43)(H,40,47)/t25-,26-,27-/m0/s1. The molecule has 0 spiro atoms. The molecule has 15 nitrogen and oxygen atoms in total. The van der Waals surface area contributed by atoms with Crippen LogP contribution in [-0.4, -0.2) is 89.9 Å². The first-order valence-electron chi connectivity index (χ1n) is 17.3. The van der Waals surface area contributed by atoms with Crippen LogP contribution in [0.25, 0.3) is 0 Å². The first-order chi connectivity index (χ1) is 23.4. The summed E-state index contributed by atoms with van der Waals surface area (Å²) >= 11 is 0. The number of carbonyl (C=O) groups is 6.